The van der Waals surface area contributed by atoms with Crippen LogP contribution in [-0.4, -0.2) is 15.2 Å². The molecule has 0 saturated carbocycles. The zero-order chi connectivity index (χ0) is 10.8. The van der Waals surface area contributed by atoms with Crippen molar-refractivity contribution >= 4 is 28.6 Å². The van der Waals surface area contributed by atoms with Crippen LogP contribution in [-0.2, 0) is 5.41 Å². The van der Waals surface area contributed by atoms with Gasteiger partial charge in [0.25, 0.3) is 0 Å². The second kappa shape index (κ2) is 4.49. The van der Waals surface area contributed by atoms with Crippen LogP contribution < -0.4 is 9.92 Å². The lowest BCUT2D eigenvalue weighted by Crippen LogP contribution is -2.25. The molecule has 1 rings (SSSR count). The zero-order valence-electron chi connectivity index (χ0n) is 9.23. The van der Waals surface area contributed by atoms with Crippen molar-refractivity contribution in [3.63, 3.8) is 0 Å². The number of hydrogen-bond acceptors (Lipinski definition) is 1. The molecule has 0 saturated heterocycles. The van der Waals surface area contributed by atoms with Gasteiger partial charge in [0.15, 0.2) is 0 Å². The molecule has 0 atom stereocenters. The zero-order valence-corrected chi connectivity index (χ0v) is 12.2. The maximum Gasteiger partial charge on any atom is 0.130 e. The van der Waals surface area contributed by atoms with E-state index in [2.05, 4.69) is 48.2 Å². The summed E-state index contributed by atoms with van der Waals surface area (Å²) in [7, 11) is 1.43. The fourth-order valence-corrected chi connectivity index (χ4v) is 3.95. The van der Waals surface area contributed by atoms with E-state index in [-0.39, 0.29) is 13.6 Å². The molecule has 0 aliphatic carbocycles. The fourth-order valence-electron chi connectivity index (χ4n) is 1.50. The lowest BCUT2D eigenvalue weighted by atomic mass is 9.87. The number of benzene rings is 1. The molecule has 0 heterocycles. The average molecular weight is 273 g/mol. The number of ether oxygens (including phenoxy) is 1. The van der Waals surface area contributed by atoms with Crippen LogP contribution in [0.3, 0.4) is 0 Å². The standard InChI is InChI=1S/C11H17BrOSi/c1-11(2,3)9-7-8(13-4)5-6-10(9)14-12/h5-7H,14H2,1-4H3. The SMILES string of the molecule is COc1ccc([SiH2]Br)c(C(C)(C)C)c1. The summed E-state index contributed by atoms with van der Waals surface area (Å²) in [6.45, 7) is 6.72. The highest BCUT2D eigenvalue weighted by Gasteiger charge is 2.17. The highest BCUT2D eigenvalue weighted by atomic mass is 79.9. The summed E-state index contributed by atoms with van der Waals surface area (Å²) in [6.07, 6.45) is 0. The van der Waals surface area contributed by atoms with Gasteiger partial charge in [-0.15, -0.1) is 15.3 Å². The first kappa shape index (κ1) is 11.8. The third-order valence-corrected chi connectivity index (χ3v) is 4.99. The van der Waals surface area contributed by atoms with Gasteiger partial charge in [0.05, 0.1) is 7.11 Å². The Hall–Kier alpha value is -0.283. The second-order valence-corrected chi connectivity index (χ2v) is 7.12. The highest BCUT2D eigenvalue weighted by Crippen LogP contribution is 2.24. The Labute approximate surface area is 96.3 Å². The van der Waals surface area contributed by atoms with Crippen molar-refractivity contribution in [2.75, 3.05) is 7.11 Å². The fraction of sp³-hybridized carbons (Fsp3) is 0.455. The Bertz CT molecular complexity index is 318. The van der Waals surface area contributed by atoms with Crippen molar-refractivity contribution in [2.45, 2.75) is 26.2 Å². The van der Waals surface area contributed by atoms with E-state index in [9.17, 15) is 0 Å². The van der Waals surface area contributed by atoms with Gasteiger partial charge in [-0.05, 0) is 28.3 Å². The first-order valence-corrected chi connectivity index (χ1v) is 9.33. The third-order valence-electron chi connectivity index (χ3n) is 2.27. The van der Waals surface area contributed by atoms with E-state index in [4.69, 9.17) is 4.74 Å². The van der Waals surface area contributed by atoms with Crippen molar-refractivity contribution in [2.24, 2.45) is 0 Å². The van der Waals surface area contributed by atoms with Gasteiger partial charge >= 0.3 is 0 Å². The predicted molar refractivity (Wildman–Crippen MR) is 68.8 cm³/mol. The molecule has 1 nitrogen and oxygen atoms in total. The van der Waals surface area contributed by atoms with Crippen LogP contribution in [0.15, 0.2) is 18.2 Å². The largest absolute Gasteiger partial charge is 0.497 e. The Morgan fingerprint density at radius 3 is 2.36 bits per heavy atom. The van der Waals surface area contributed by atoms with E-state index in [0.29, 0.717) is 0 Å². The Balaban J connectivity index is 3.22. The van der Waals surface area contributed by atoms with Crippen molar-refractivity contribution in [3.05, 3.63) is 23.8 Å². The van der Waals surface area contributed by atoms with Crippen LogP contribution in [0.5, 0.6) is 5.75 Å². The number of halogens is 1. The summed E-state index contributed by atoms with van der Waals surface area (Å²) in [4.78, 5) is 0. The van der Waals surface area contributed by atoms with Crippen molar-refractivity contribution < 1.29 is 4.74 Å². The van der Waals surface area contributed by atoms with Crippen LogP contribution >= 0.6 is 15.3 Å². The van der Waals surface area contributed by atoms with Gasteiger partial charge < -0.3 is 4.74 Å². The molecule has 0 radical (unpaired) electrons. The molecule has 14 heavy (non-hydrogen) atoms. The highest BCUT2D eigenvalue weighted by molar-refractivity contribution is 9.23. The van der Waals surface area contributed by atoms with Crippen LogP contribution in [0, 0.1) is 0 Å². The van der Waals surface area contributed by atoms with E-state index in [1.165, 1.54) is 10.8 Å². The van der Waals surface area contributed by atoms with Crippen LogP contribution in [0.25, 0.3) is 0 Å². The van der Waals surface area contributed by atoms with Gasteiger partial charge in [0.2, 0.25) is 0 Å². The van der Waals surface area contributed by atoms with Gasteiger partial charge in [0.1, 0.15) is 13.9 Å². The van der Waals surface area contributed by atoms with Crippen molar-refractivity contribution in [1.82, 2.24) is 0 Å². The lowest BCUT2D eigenvalue weighted by Gasteiger charge is -2.22. The maximum atomic E-state index is 5.25. The summed E-state index contributed by atoms with van der Waals surface area (Å²) in [5.41, 5.74) is 1.60. The van der Waals surface area contributed by atoms with Crippen LogP contribution in [0.4, 0.5) is 0 Å². The topological polar surface area (TPSA) is 9.23 Å². The summed E-state index contributed by atoms with van der Waals surface area (Å²) in [5, 5.41) is 1.47. The van der Waals surface area contributed by atoms with Gasteiger partial charge in [-0.1, -0.05) is 26.8 Å². The van der Waals surface area contributed by atoms with Gasteiger partial charge in [-0.2, -0.15) is 0 Å². The second-order valence-electron chi connectivity index (χ2n) is 4.41. The molecule has 0 N–H and O–H groups in total. The van der Waals surface area contributed by atoms with Crippen molar-refractivity contribution in [3.8, 4) is 5.75 Å². The molecule has 0 fully saturated rings. The van der Waals surface area contributed by atoms with Crippen LogP contribution in [0.1, 0.15) is 26.3 Å². The minimum atomic E-state index is -0.284. The van der Waals surface area contributed by atoms with E-state index in [1.54, 1.807) is 7.11 Å². The monoisotopic (exact) mass is 272 g/mol. The molecule has 0 spiro atoms. The molecule has 0 aliphatic rings. The smallest absolute Gasteiger partial charge is 0.130 e. The molecule has 0 amide bonds. The third kappa shape index (κ3) is 2.61. The van der Waals surface area contributed by atoms with Crippen LogP contribution in [0.2, 0.25) is 0 Å². The van der Waals surface area contributed by atoms with Gasteiger partial charge in [-0.3, -0.25) is 0 Å². The molecular weight excluding hydrogens is 256 g/mol. The number of hydrogen-bond donors (Lipinski definition) is 0. The first-order valence-electron chi connectivity index (χ1n) is 4.72. The van der Waals surface area contributed by atoms with E-state index in [0.717, 1.165) is 5.75 Å². The molecule has 78 valence electrons. The normalized spacial score (nSPS) is 12.4. The lowest BCUT2D eigenvalue weighted by molar-refractivity contribution is 0.413. The predicted octanol–water partition coefficient (Wildman–Crippen LogP) is 2.10. The van der Waals surface area contributed by atoms with Gasteiger partial charge in [0, 0.05) is 0 Å². The Kier molecular flexibility index (Phi) is 3.78. The quantitative estimate of drug-likeness (QED) is 0.592. The maximum absolute atomic E-state index is 5.25. The van der Waals surface area contributed by atoms with E-state index in [1.807, 2.05) is 6.07 Å². The molecule has 0 unspecified atom stereocenters. The summed E-state index contributed by atoms with van der Waals surface area (Å²) < 4.78 is 5.25. The molecule has 0 bridgehead atoms. The minimum Gasteiger partial charge on any atom is -0.497 e. The molecule has 0 aromatic heterocycles. The Morgan fingerprint density at radius 1 is 1.29 bits per heavy atom. The molecule has 0 aliphatic heterocycles. The minimum absolute atomic E-state index is 0.199. The first-order chi connectivity index (χ1) is 6.49. The summed E-state index contributed by atoms with van der Waals surface area (Å²) in [6, 6.07) is 6.38. The van der Waals surface area contributed by atoms with E-state index < -0.39 is 0 Å². The summed E-state index contributed by atoms with van der Waals surface area (Å²) >= 11 is 3.65. The number of rotatable bonds is 2. The molecule has 1 aromatic carbocycles. The average Bonchev–Trinajstić information content (AvgIpc) is 2.15. The summed E-state index contributed by atoms with van der Waals surface area (Å²) in [5.74, 6) is 0.952. The molecular formula is C11H17BrOSi. The number of methoxy groups -OCH3 is 1. The van der Waals surface area contributed by atoms with Gasteiger partial charge in [-0.25, -0.2) is 0 Å². The van der Waals surface area contributed by atoms with Crippen molar-refractivity contribution in [1.29, 1.82) is 0 Å². The Morgan fingerprint density at radius 2 is 1.93 bits per heavy atom. The molecule has 1 aromatic rings. The molecule has 3 heteroatoms. The van der Waals surface area contributed by atoms with E-state index >= 15 is 0 Å².